The first-order valence-corrected chi connectivity index (χ1v) is 11.4. The van der Waals surface area contributed by atoms with Crippen LogP contribution >= 0.6 is 0 Å². The summed E-state index contributed by atoms with van der Waals surface area (Å²) in [6.07, 6.45) is 21.7. The number of Topliss-reactive ketones (excluding diaryl/α,β-unsaturated/α-hetero) is 1. The lowest BCUT2D eigenvalue weighted by Crippen LogP contribution is -2.11. The molecule has 3 heteroatoms. The van der Waals surface area contributed by atoms with Crippen LogP contribution in [-0.4, -0.2) is 18.4 Å². The van der Waals surface area contributed by atoms with E-state index in [-0.39, 0.29) is 18.2 Å². The maximum absolute atomic E-state index is 11.3. The van der Waals surface area contributed by atoms with Crippen molar-refractivity contribution in [1.29, 1.82) is 0 Å². The van der Waals surface area contributed by atoms with Crippen molar-refractivity contribution in [1.82, 2.24) is 0 Å². The molecule has 154 valence electrons. The summed E-state index contributed by atoms with van der Waals surface area (Å²) in [6.45, 7) is 4.51. The van der Waals surface area contributed by atoms with E-state index < -0.39 is 0 Å². The van der Waals surface area contributed by atoms with Crippen molar-refractivity contribution >= 4 is 11.8 Å². The van der Waals surface area contributed by atoms with E-state index in [0.29, 0.717) is 13.0 Å². The van der Waals surface area contributed by atoms with Gasteiger partial charge in [0.2, 0.25) is 0 Å². The van der Waals surface area contributed by atoms with E-state index in [9.17, 15) is 9.59 Å². The van der Waals surface area contributed by atoms with E-state index in [0.717, 1.165) is 12.8 Å². The summed E-state index contributed by atoms with van der Waals surface area (Å²) >= 11 is 0. The standard InChI is InChI=1S/C23H44O3/c1-3-5-6-7-8-9-10-11-12-13-14-15-16-17-18-19-20-26-23(25)21-22(24)4-2/h3-21H2,1-2H3. The highest BCUT2D eigenvalue weighted by Gasteiger charge is 2.08. The first-order chi connectivity index (χ1) is 12.7. The van der Waals surface area contributed by atoms with Gasteiger partial charge in [-0.1, -0.05) is 110 Å². The molecular weight excluding hydrogens is 324 g/mol. The molecule has 0 saturated carbocycles. The zero-order chi connectivity index (χ0) is 19.3. The quantitative estimate of drug-likeness (QED) is 0.130. The van der Waals surface area contributed by atoms with Gasteiger partial charge >= 0.3 is 5.97 Å². The van der Waals surface area contributed by atoms with Gasteiger partial charge in [-0.05, 0) is 6.42 Å². The van der Waals surface area contributed by atoms with Crippen LogP contribution in [-0.2, 0) is 14.3 Å². The van der Waals surface area contributed by atoms with E-state index in [4.69, 9.17) is 4.74 Å². The molecule has 0 aliphatic heterocycles. The molecule has 0 aliphatic rings. The van der Waals surface area contributed by atoms with Gasteiger partial charge in [0, 0.05) is 6.42 Å². The average molecular weight is 369 g/mol. The van der Waals surface area contributed by atoms with Crippen LogP contribution in [0.5, 0.6) is 0 Å². The molecule has 0 heterocycles. The van der Waals surface area contributed by atoms with Gasteiger partial charge in [0.15, 0.2) is 0 Å². The minimum absolute atomic E-state index is 0.0398. The van der Waals surface area contributed by atoms with Crippen LogP contribution in [0.2, 0.25) is 0 Å². The van der Waals surface area contributed by atoms with Crippen molar-refractivity contribution in [3.63, 3.8) is 0 Å². The second kappa shape index (κ2) is 20.5. The Morgan fingerprint density at radius 1 is 0.577 bits per heavy atom. The number of hydrogen-bond donors (Lipinski definition) is 0. The molecule has 0 atom stereocenters. The normalized spacial score (nSPS) is 10.8. The molecule has 0 aromatic carbocycles. The Bertz CT molecular complexity index is 325. The van der Waals surface area contributed by atoms with Gasteiger partial charge in [-0.2, -0.15) is 0 Å². The molecule has 0 unspecified atom stereocenters. The highest BCUT2D eigenvalue weighted by molar-refractivity contribution is 5.95. The van der Waals surface area contributed by atoms with Gasteiger partial charge in [0.05, 0.1) is 6.61 Å². The Morgan fingerprint density at radius 2 is 0.962 bits per heavy atom. The summed E-state index contributed by atoms with van der Waals surface area (Å²) < 4.78 is 5.07. The maximum Gasteiger partial charge on any atom is 0.313 e. The van der Waals surface area contributed by atoms with Crippen molar-refractivity contribution in [2.75, 3.05) is 6.61 Å². The number of ether oxygens (including phenoxy) is 1. The van der Waals surface area contributed by atoms with Crippen molar-refractivity contribution in [3.8, 4) is 0 Å². The predicted octanol–water partition coefficient (Wildman–Crippen LogP) is 7.16. The molecule has 0 spiro atoms. The molecule has 0 aliphatic carbocycles. The zero-order valence-corrected chi connectivity index (χ0v) is 17.7. The van der Waals surface area contributed by atoms with Crippen molar-refractivity contribution in [3.05, 3.63) is 0 Å². The molecule has 0 aromatic heterocycles. The molecule has 0 amide bonds. The molecule has 0 saturated heterocycles. The second-order valence-corrected chi connectivity index (χ2v) is 7.59. The van der Waals surface area contributed by atoms with Crippen LogP contribution in [0.25, 0.3) is 0 Å². The molecule has 0 N–H and O–H groups in total. The number of carbonyl (C=O) groups excluding carboxylic acids is 2. The minimum atomic E-state index is -0.363. The summed E-state index contributed by atoms with van der Waals surface area (Å²) in [5, 5.41) is 0. The van der Waals surface area contributed by atoms with Crippen LogP contribution in [0.3, 0.4) is 0 Å². The molecule has 0 bridgehead atoms. The van der Waals surface area contributed by atoms with E-state index in [1.807, 2.05) is 0 Å². The third kappa shape index (κ3) is 19.5. The largest absolute Gasteiger partial charge is 0.465 e. The van der Waals surface area contributed by atoms with Gasteiger partial charge in [0.1, 0.15) is 12.2 Å². The summed E-state index contributed by atoms with van der Waals surface area (Å²) in [4.78, 5) is 22.4. The summed E-state index contributed by atoms with van der Waals surface area (Å²) in [5.74, 6) is -0.403. The number of unbranched alkanes of at least 4 members (excludes halogenated alkanes) is 15. The second-order valence-electron chi connectivity index (χ2n) is 7.59. The third-order valence-corrected chi connectivity index (χ3v) is 5.00. The Hall–Kier alpha value is -0.860. The number of hydrogen-bond acceptors (Lipinski definition) is 3. The first kappa shape index (κ1) is 25.1. The average Bonchev–Trinajstić information content (AvgIpc) is 2.64. The fourth-order valence-corrected chi connectivity index (χ4v) is 3.17. The Morgan fingerprint density at radius 3 is 1.35 bits per heavy atom. The van der Waals surface area contributed by atoms with E-state index >= 15 is 0 Å². The molecule has 3 nitrogen and oxygen atoms in total. The van der Waals surface area contributed by atoms with Gasteiger partial charge in [-0.3, -0.25) is 9.59 Å². The topological polar surface area (TPSA) is 43.4 Å². The number of carbonyl (C=O) groups is 2. The van der Waals surface area contributed by atoms with Crippen molar-refractivity contribution < 1.29 is 14.3 Å². The SMILES string of the molecule is CCCCCCCCCCCCCCCCCCOC(=O)CC(=O)CC. The lowest BCUT2D eigenvalue weighted by Gasteiger charge is -2.05. The minimum Gasteiger partial charge on any atom is -0.465 e. The predicted molar refractivity (Wildman–Crippen MR) is 110 cm³/mol. The lowest BCUT2D eigenvalue weighted by molar-refractivity contribution is -0.146. The summed E-state index contributed by atoms with van der Waals surface area (Å²) in [5.41, 5.74) is 0. The lowest BCUT2D eigenvalue weighted by atomic mass is 10.0. The van der Waals surface area contributed by atoms with Gasteiger partial charge < -0.3 is 4.74 Å². The number of esters is 1. The number of rotatable bonds is 20. The summed E-state index contributed by atoms with van der Waals surface area (Å²) in [7, 11) is 0. The molecule has 0 rings (SSSR count). The van der Waals surface area contributed by atoms with Crippen LogP contribution in [0, 0.1) is 0 Å². The van der Waals surface area contributed by atoms with Gasteiger partial charge in [-0.25, -0.2) is 0 Å². The van der Waals surface area contributed by atoms with E-state index in [2.05, 4.69) is 6.92 Å². The highest BCUT2D eigenvalue weighted by atomic mass is 16.5. The molecule has 0 fully saturated rings. The fourth-order valence-electron chi connectivity index (χ4n) is 3.17. The highest BCUT2D eigenvalue weighted by Crippen LogP contribution is 2.13. The van der Waals surface area contributed by atoms with Crippen molar-refractivity contribution in [2.24, 2.45) is 0 Å². The fraction of sp³-hybridized carbons (Fsp3) is 0.913. The Kier molecular flexibility index (Phi) is 19.8. The number of ketones is 1. The Balaban J connectivity index is 3.11. The third-order valence-electron chi connectivity index (χ3n) is 5.00. The molecule has 0 aromatic rings. The maximum atomic E-state index is 11.3. The van der Waals surface area contributed by atoms with Crippen LogP contribution in [0.1, 0.15) is 129 Å². The van der Waals surface area contributed by atoms with Crippen LogP contribution in [0.15, 0.2) is 0 Å². The first-order valence-electron chi connectivity index (χ1n) is 11.4. The zero-order valence-electron chi connectivity index (χ0n) is 17.7. The van der Waals surface area contributed by atoms with Gasteiger partial charge in [0.25, 0.3) is 0 Å². The molecule has 26 heavy (non-hydrogen) atoms. The monoisotopic (exact) mass is 368 g/mol. The van der Waals surface area contributed by atoms with E-state index in [1.165, 1.54) is 89.9 Å². The molecule has 0 radical (unpaired) electrons. The summed E-state index contributed by atoms with van der Waals surface area (Å²) in [6, 6.07) is 0. The van der Waals surface area contributed by atoms with Gasteiger partial charge in [-0.15, -0.1) is 0 Å². The smallest absolute Gasteiger partial charge is 0.313 e. The van der Waals surface area contributed by atoms with Crippen LogP contribution < -0.4 is 0 Å². The Labute approximate surface area is 162 Å². The van der Waals surface area contributed by atoms with Crippen LogP contribution in [0.4, 0.5) is 0 Å². The van der Waals surface area contributed by atoms with Crippen molar-refractivity contribution in [2.45, 2.75) is 129 Å². The molecular formula is C23H44O3. The van der Waals surface area contributed by atoms with E-state index in [1.54, 1.807) is 6.92 Å².